The van der Waals surface area contributed by atoms with Gasteiger partial charge in [0.05, 0.1) is 16.8 Å². The summed E-state index contributed by atoms with van der Waals surface area (Å²) in [6, 6.07) is 10.1. The molecule has 0 saturated carbocycles. The van der Waals surface area contributed by atoms with Crippen LogP contribution in [0.25, 0.3) is 16.3 Å². The van der Waals surface area contributed by atoms with Crippen molar-refractivity contribution in [1.29, 1.82) is 0 Å². The first kappa shape index (κ1) is 17.1. The number of hydrogen-bond acceptors (Lipinski definition) is 4. The van der Waals surface area contributed by atoms with E-state index in [-0.39, 0.29) is 13.3 Å². The molecule has 2 aromatic carbocycles. The molecule has 0 N–H and O–H groups in total. The Kier molecular flexibility index (Phi) is 4.48. The highest BCUT2D eigenvalue weighted by Gasteiger charge is 2.13. The van der Waals surface area contributed by atoms with E-state index in [9.17, 15) is 9.18 Å². The van der Waals surface area contributed by atoms with E-state index in [1.807, 2.05) is 6.07 Å². The number of benzene rings is 2. The van der Waals surface area contributed by atoms with Crippen LogP contribution in [0, 0.1) is 18.2 Å². The summed E-state index contributed by atoms with van der Waals surface area (Å²) in [4.78, 5) is 16.7. The molecule has 1 aromatic heterocycles. The number of para-hydroxylation sites is 1. The number of rotatable bonds is 3. The first-order valence-corrected chi connectivity index (χ1v) is 8.85. The van der Waals surface area contributed by atoms with Crippen LogP contribution in [-0.4, -0.2) is 17.3 Å². The lowest BCUT2D eigenvalue weighted by molar-refractivity contribution is -0.113. The summed E-state index contributed by atoms with van der Waals surface area (Å²) in [5, 5.41) is 0. The lowest BCUT2D eigenvalue weighted by Gasteiger charge is -2.00. The monoisotopic (exact) mass is 380 g/mol. The number of amides is 1. The summed E-state index contributed by atoms with van der Waals surface area (Å²) in [7, 11) is 0. The van der Waals surface area contributed by atoms with Crippen molar-refractivity contribution in [2.24, 2.45) is 4.99 Å². The van der Waals surface area contributed by atoms with E-state index >= 15 is 0 Å². The summed E-state index contributed by atoms with van der Waals surface area (Å²) < 4.78 is 26.9. The van der Waals surface area contributed by atoms with Crippen molar-refractivity contribution in [1.82, 2.24) is 4.57 Å². The van der Waals surface area contributed by atoms with E-state index in [0.29, 0.717) is 26.5 Å². The van der Waals surface area contributed by atoms with Gasteiger partial charge in [0, 0.05) is 6.08 Å². The molecule has 0 aliphatic carbocycles. The van der Waals surface area contributed by atoms with E-state index in [1.54, 1.807) is 30.3 Å². The maximum absolute atomic E-state index is 14.2. The van der Waals surface area contributed by atoms with Gasteiger partial charge in [0.2, 0.25) is 6.79 Å². The van der Waals surface area contributed by atoms with Gasteiger partial charge in [-0.25, -0.2) is 4.39 Å². The molecule has 27 heavy (non-hydrogen) atoms. The number of nitrogens with zero attached hydrogens (tertiary/aromatic N) is 2. The molecule has 5 nitrogen and oxygen atoms in total. The molecular weight excluding hydrogens is 367 g/mol. The number of carbonyl (C=O) groups is 1. The van der Waals surface area contributed by atoms with E-state index in [2.05, 4.69) is 10.9 Å². The predicted molar refractivity (Wildman–Crippen MR) is 101 cm³/mol. The highest BCUT2D eigenvalue weighted by molar-refractivity contribution is 7.16. The molecule has 134 valence electrons. The third kappa shape index (κ3) is 3.35. The minimum atomic E-state index is -0.467. The Hall–Kier alpha value is -3.37. The third-order valence-corrected chi connectivity index (χ3v) is 4.97. The molecule has 0 spiro atoms. The van der Waals surface area contributed by atoms with Crippen molar-refractivity contribution >= 4 is 33.5 Å². The molecule has 0 bridgehead atoms. The molecule has 0 atom stereocenters. The maximum atomic E-state index is 14.2. The molecule has 1 amide bonds. The zero-order valence-electron chi connectivity index (χ0n) is 14.0. The topological polar surface area (TPSA) is 52.8 Å². The molecule has 7 heteroatoms. The van der Waals surface area contributed by atoms with Crippen molar-refractivity contribution in [3.8, 4) is 23.8 Å². The van der Waals surface area contributed by atoms with Crippen molar-refractivity contribution in [3.05, 3.63) is 58.7 Å². The number of thiazole rings is 1. The number of carbonyl (C=O) groups excluding carboxylic acids is 1. The summed E-state index contributed by atoms with van der Waals surface area (Å²) in [6.45, 7) is 0.313. The van der Waals surface area contributed by atoms with E-state index in [1.165, 1.54) is 28.0 Å². The molecular formula is C20H13FN2O3S. The summed E-state index contributed by atoms with van der Waals surface area (Å²) >= 11 is 1.21. The van der Waals surface area contributed by atoms with Gasteiger partial charge < -0.3 is 14.0 Å². The summed E-state index contributed by atoms with van der Waals surface area (Å²) in [6.07, 6.45) is 8.37. The quantitative estimate of drug-likeness (QED) is 0.517. The average Bonchev–Trinajstić information content (AvgIpc) is 3.25. The Morgan fingerprint density at radius 3 is 3.04 bits per heavy atom. The average molecular weight is 380 g/mol. The number of fused-ring (bicyclic) bond motifs is 2. The smallest absolute Gasteiger partial charge is 0.272 e. The summed E-state index contributed by atoms with van der Waals surface area (Å²) in [5.41, 5.74) is 1.13. The van der Waals surface area contributed by atoms with Crippen molar-refractivity contribution in [2.45, 2.75) is 6.54 Å². The highest BCUT2D eigenvalue weighted by atomic mass is 32.1. The second-order valence-electron chi connectivity index (χ2n) is 5.66. The van der Waals surface area contributed by atoms with Gasteiger partial charge in [0.1, 0.15) is 5.82 Å². The number of ether oxygens (including phenoxy) is 2. The van der Waals surface area contributed by atoms with Gasteiger partial charge in [-0.3, -0.25) is 4.79 Å². The van der Waals surface area contributed by atoms with Gasteiger partial charge in [0.25, 0.3) is 5.91 Å². The van der Waals surface area contributed by atoms with Crippen LogP contribution in [0.3, 0.4) is 0 Å². The summed E-state index contributed by atoms with van der Waals surface area (Å²) in [5.74, 6) is 2.91. The SMILES string of the molecule is C#CCn1c(=NC(=O)C=Cc2ccc3c(c2)OCO3)sc2cccc(F)c21. The van der Waals surface area contributed by atoms with Crippen LogP contribution >= 0.6 is 11.3 Å². The molecule has 4 rings (SSSR count). The molecule has 0 saturated heterocycles. The minimum Gasteiger partial charge on any atom is -0.454 e. The minimum absolute atomic E-state index is 0.124. The van der Waals surface area contributed by atoms with Gasteiger partial charge in [-0.15, -0.1) is 6.42 Å². The van der Waals surface area contributed by atoms with Crippen LogP contribution in [0.5, 0.6) is 11.5 Å². The largest absolute Gasteiger partial charge is 0.454 e. The van der Waals surface area contributed by atoms with Crippen LogP contribution in [0.2, 0.25) is 0 Å². The predicted octanol–water partition coefficient (Wildman–Crippen LogP) is 3.34. The Balaban J connectivity index is 1.67. The van der Waals surface area contributed by atoms with Gasteiger partial charge in [0.15, 0.2) is 16.3 Å². The molecule has 0 fully saturated rings. The third-order valence-electron chi connectivity index (χ3n) is 3.92. The van der Waals surface area contributed by atoms with Gasteiger partial charge >= 0.3 is 0 Å². The molecule has 2 heterocycles. The van der Waals surface area contributed by atoms with Crippen LogP contribution in [0.15, 0.2) is 47.5 Å². The molecule has 0 unspecified atom stereocenters. The molecule has 0 radical (unpaired) electrons. The van der Waals surface area contributed by atoms with Crippen molar-refractivity contribution < 1.29 is 18.7 Å². The maximum Gasteiger partial charge on any atom is 0.272 e. The second-order valence-corrected chi connectivity index (χ2v) is 6.67. The number of terminal acetylenes is 1. The van der Waals surface area contributed by atoms with Crippen LogP contribution < -0.4 is 14.3 Å². The van der Waals surface area contributed by atoms with Gasteiger partial charge in [-0.2, -0.15) is 4.99 Å². The Morgan fingerprint density at radius 1 is 1.33 bits per heavy atom. The normalized spacial score (nSPS) is 13.4. The van der Waals surface area contributed by atoms with Crippen LogP contribution in [-0.2, 0) is 11.3 Å². The van der Waals surface area contributed by atoms with E-state index < -0.39 is 11.7 Å². The Labute approximate surface area is 158 Å². The lowest BCUT2D eigenvalue weighted by atomic mass is 10.2. The van der Waals surface area contributed by atoms with Crippen molar-refractivity contribution in [3.63, 3.8) is 0 Å². The first-order valence-electron chi connectivity index (χ1n) is 8.03. The Bertz CT molecular complexity index is 1180. The zero-order chi connectivity index (χ0) is 18.8. The van der Waals surface area contributed by atoms with E-state index in [4.69, 9.17) is 15.9 Å². The number of aromatic nitrogens is 1. The van der Waals surface area contributed by atoms with E-state index in [0.717, 1.165) is 5.56 Å². The van der Waals surface area contributed by atoms with Crippen molar-refractivity contribution in [2.75, 3.05) is 6.79 Å². The van der Waals surface area contributed by atoms with Crippen LogP contribution in [0.1, 0.15) is 5.56 Å². The highest BCUT2D eigenvalue weighted by Crippen LogP contribution is 2.32. The number of halogens is 1. The van der Waals surface area contributed by atoms with Gasteiger partial charge in [-0.05, 0) is 35.9 Å². The number of hydrogen-bond donors (Lipinski definition) is 0. The molecule has 3 aromatic rings. The Morgan fingerprint density at radius 2 is 2.19 bits per heavy atom. The first-order chi connectivity index (χ1) is 13.2. The fourth-order valence-electron chi connectivity index (χ4n) is 2.73. The molecule has 1 aliphatic heterocycles. The molecule has 1 aliphatic rings. The zero-order valence-corrected chi connectivity index (χ0v) is 14.8. The fourth-order valence-corrected chi connectivity index (χ4v) is 3.78. The fraction of sp³-hybridized carbons (Fsp3) is 0.100. The van der Waals surface area contributed by atoms with Gasteiger partial charge in [-0.1, -0.05) is 29.4 Å². The standard InChI is InChI=1S/C20H13FN2O3S/c1-2-10-23-19-14(21)4-3-5-17(19)27-20(23)22-18(24)9-7-13-6-8-15-16(11-13)26-12-25-15/h1,3-9,11H,10,12H2. The lowest BCUT2D eigenvalue weighted by Crippen LogP contribution is -2.16. The second kappa shape index (κ2) is 7.09. The van der Waals surface area contributed by atoms with Crippen LogP contribution in [0.4, 0.5) is 4.39 Å².